The molecule has 0 saturated heterocycles. The second-order valence-electron chi connectivity index (χ2n) is 5.04. The van der Waals surface area contributed by atoms with Gasteiger partial charge in [0.1, 0.15) is 5.56 Å². The van der Waals surface area contributed by atoms with Crippen molar-refractivity contribution in [3.8, 4) is 0 Å². The molecule has 0 atom stereocenters. The minimum absolute atomic E-state index is 0.208. The van der Waals surface area contributed by atoms with Crippen molar-refractivity contribution < 1.29 is 19.4 Å². The molecule has 0 fully saturated rings. The van der Waals surface area contributed by atoms with E-state index < -0.39 is 27.1 Å². The summed E-state index contributed by atoms with van der Waals surface area (Å²) >= 11 is 0. The van der Waals surface area contributed by atoms with Crippen LogP contribution in [0.1, 0.15) is 24.2 Å². The highest BCUT2D eigenvalue weighted by atomic mass is 16.6. The lowest BCUT2D eigenvalue weighted by atomic mass is 9.98. The van der Waals surface area contributed by atoms with E-state index in [9.17, 15) is 29.8 Å². The summed E-state index contributed by atoms with van der Waals surface area (Å²) in [7, 11) is 0. The first-order valence-electron chi connectivity index (χ1n) is 6.68. The van der Waals surface area contributed by atoms with E-state index in [0.29, 0.717) is 17.2 Å². The Kier molecular flexibility index (Phi) is 4.45. The Morgan fingerprint density at radius 3 is 2.29 bits per heavy atom. The third kappa shape index (κ3) is 3.29. The molecule has 24 heavy (non-hydrogen) atoms. The Balaban J connectivity index is 2.49. The number of nitrogens with zero attached hydrogens (tertiary/aromatic N) is 3. The summed E-state index contributed by atoms with van der Waals surface area (Å²) in [5.41, 5.74) is -0.527. The number of carbonyl (C=O) groups is 2. The van der Waals surface area contributed by atoms with Gasteiger partial charge in [-0.25, -0.2) is 4.99 Å². The van der Waals surface area contributed by atoms with Crippen molar-refractivity contribution in [3.05, 3.63) is 67.3 Å². The molecule has 9 heteroatoms. The number of aliphatic imine (C=N–C) groups is 1. The van der Waals surface area contributed by atoms with Gasteiger partial charge in [0.2, 0.25) is 0 Å². The zero-order chi connectivity index (χ0) is 18.0. The van der Waals surface area contributed by atoms with Crippen molar-refractivity contribution in [2.45, 2.75) is 13.8 Å². The van der Waals surface area contributed by atoms with Gasteiger partial charge in [0.25, 0.3) is 17.3 Å². The molecule has 0 radical (unpaired) electrons. The van der Waals surface area contributed by atoms with Gasteiger partial charge in [-0.1, -0.05) is 0 Å². The minimum Gasteiger partial charge on any atom is -0.290 e. The topological polar surface area (TPSA) is 133 Å². The lowest BCUT2D eigenvalue weighted by Gasteiger charge is -2.09. The average Bonchev–Trinajstić information content (AvgIpc) is 2.51. The van der Waals surface area contributed by atoms with Crippen molar-refractivity contribution in [1.29, 1.82) is 0 Å². The molecule has 0 N–H and O–H groups in total. The van der Waals surface area contributed by atoms with E-state index in [1.54, 1.807) is 13.8 Å². The third-order valence-corrected chi connectivity index (χ3v) is 3.33. The van der Waals surface area contributed by atoms with E-state index in [4.69, 9.17) is 0 Å². The molecule has 1 amide bonds. The predicted molar refractivity (Wildman–Crippen MR) is 84.0 cm³/mol. The molecule has 0 aromatic heterocycles. The molecule has 0 heterocycles. The fourth-order valence-corrected chi connectivity index (χ4v) is 2.03. The number of rotatable bonds is 3. The van der Waals surface area contributed by atoms with Crippen molar-refractivity contribution in [3.63, 3.8) is 0 Å². The standard InChI is InChI=1S/C15H11N3O6/c1-8-6-14(19)9(2)5-12(8)16-15(20)11-4-3-10(17(21)22)7-13(11)18(23)24/h3-7H,1-2H3. The summed E-state index contributed by atoms with van der Waals surface area (Å²) < 4.78 is 0. The molecular formula is C15H11N3O6. The van der Waals surface area contributed by atoms with E-state index >= 15 is 0 Å². The Morgan fingerprint density at radius 1 is 1.04 bits per heavy atom. The Labute approximate surface area is 135 Å². The van der Waals surface area contributed by atoms with Crippen LogP contribution in [0.15, 0.2) is 46.5 Å². The summed E-state index contributed by atoms with van der Waals surface area (Å²) in [5.74, 6) is -1.13. The maximum absolute atomic E-state index is 12.2. The average molecular weight is 329 g/mol. The number of nitro benzene ring substituents is 2. The molecule has 1 aliphatic carbocycles. The number of hydrogen-bond acceptors (Lipinski definition) is 6. The van der Waals surface area contributed by atoms with Crippen molar-refractivity contribution in [1.82, 2.24) is 0 Å². The number of hydrogen-bond donors (Lipinski definition) is 0. The van der Waals surface area contributed by atoms with Gasteiger partial charge >= 0.3 is 0 Å². The van der Waals surface area contributed by atoms with E-state index in [0.717, 1.165) is 12.1 Å². The lowest BCUT2D eigenvalue weighted by Crippen LogP contribution is -2.12. The Morgan fingerprint density at radius 2 is 1.71 bits per heavy atom. The number of benzene rings is 1. The number of nitro groups is 2. The van der Waals surface area contributed by atoms with E-state index in [2.05, 4.69) is 4.99 Å². The highest BCUT2D eigenvalue weighted by molar-refractivity contribution is 6.24. The molecule has 1 aromatic rings. The van der Waals surface area contributed by atoms with Crippen LogP contribution in [0, 0.1) is 20.2 Å². The van der Waals surface area contributed by atoms with Crippen LogP contribution < -0.4 is 0 Å². The first kappa shape index (κ1) is 16.9. The summed E-state index contributed by atoms with van der Waals surface area (Å²) in [6.45, 7) is 3.14. The zero-order valence-corrected chi connectivity index (χ0v) is 12.7. The van der Waals surface area contributed by atoms with Crippen LogP contribution in [-0.2, 0) is 4.79 Å². The fourth-order valence-electron chi connectivity index (χ4n) is 2.03. The largest absolute Gasteiger partial charge is 0.290 e. The molecule has 9 nitrogen and oxygen atoms in total. The molecule has 2 rings (SSSR count). The van der Waals surface area contributed by atoms with Gasteiger partial charge in [-0.15, -0.1) is 0 Å². The predicted octanol–water partition coefficient (Wildman–Crippen LogP) is 2.56. The van der Waals surface area contributed by atoms with Gasteiger partial charge in [0, 0.05) is 6.07 Å². The molecule has 122 valence electrons. The highest BCUT2D eigenvalue weighted by Crippen LogP contribution is 2.25. The molecule has 0 unspecified atom stereocenters. The molecule has 0 aliphatic heterocycles. The van der Waals surface area contributed by atoms with Gasteiger partial charge < -0.3 is 0 Å². The summed E-state index contributed by atoms with van der Waals surface area (Å²) in [6, 6.07) is 2.70. The van der Waals surface area contributed by atoms with Crippen LogP contribution in [0.3, 0.4) is 0 Å². The number of carbonyl (C=O) groups excluding carboxylic acids is 2. The van der Waals surface area contributed by atoms with Crippen LogP contribution in [0.4, 0.5) is 11.4 Å². The van der Waals surface area contributed by atoms with E-state index in [-0.39, 0.29) is 17.1 Å². The van der Waals surface area contributed by atoms with Gasteiger partial charge in [0.05, 0.1) is 21.6 Å². The first-order chi connectivity index (χ1) is 11.2. The van der Waals surface area contributed by atoms with Gasteiger partial charge in [-0.3, -0.25) is 29.8 Å². The molecule has 0 saturated carbocycles. The summed E-state index contributed by atoms with van der Waals surface area (Å²) in [5, 5.41) is 21.8. The van der Waals surface area contributed by atoms with Gasteiger partial charge in [-0.2, -0.15) is 0 Å². The van der Waals surface area contributed by atoms with Gasteiger partial charge in [0.15, 0.2) is 5.78 Å². The van der Waals surface area contributed by atoms with Crippen molar-refractivity contribution >= 4 is 28.8 Å². The Hall–Kier alpha value is -3.49. The second-order valence-corrected chi connectivity index (χ2v) is 5.04. The minimum atomic E-state index is -0.919. The number of ketones is 1. The molecule has 0 bridgehead atoms. The zero-order valence-electron chi connectivity index (χ0n) is 12.7. The number of amides is 1. The van der Waals surface area contributed by atoms with E-state index in [1.165, 1.54) is 12.2 Å². The number of allylic oxidation sites excluding steroid dienone is 4. The second kappa shape index (κ2) is 6.32. The van der Waals surface area contributed by atoms with Crippen LogP contribution in [0.5, 0.6) is 0 Å². The normalized spacial score (nSPS) is 15.8. The Bertz CT molecular complexity index is 879. The molecule has 0 spiro atoms. The van der Waals surface area contributed by atoms with E-state index in [1.807, 2.05) is 0 Å². The van der Waals surface area contributed by atoms with Crippen molar-refractivity contribution in [2.75, 3.05) is 0 Å². The third-order valence-electron chi connectivity index (χ3n) is 3.33. The first-order valence-corrected chi connectivity index (χ1v) is 6.68. The van der Waals surface area contributed by atoms with Crippen molar-refractivity contribution in [2.24, 2.45) is 4.99 Å². The summed E-state index contributed by atoms with van der Waals surface area (Å²) in [6.07, 6.45) is 2.72. The highest BCUT2D eigenvalue weighted by Gasteiger charge is 2.24. The summed E-state index contributed by atoms with van der Waals surface area (Å²) in [4.78, 5) is 47.7. The fraction of sp³-hybridized carbons (Fsp3) is 0.133. The lowest BCUT2D eigenvalue weighted by molar-refractivity contribution is -0.394. The van der Waals surface area contributed by atoms with Crippen LogP contribution >= 0.6 is 0 Å². The molecular weight excluding hydrogens is 318 g/mol. The van der Waals surface area contributed by atoms with Crippen LogP contribution in [0.2, 0.25) is 0 Å². The SMILES string of the molecule is CC1=CC(=NC(=O)c2ccc([N+](=O)[O-])cc2[N+](=O)[O-])C(C)=CC1=O. The molecule has 1 aromatic carbocycles. The maximum atomic E-state index is 12.2. The smallest absolute Gasteiger partial charge is 0.289 e. The quantitative estimate of drug-likeness (QED) is 0.475. The number of non-ortho nitro benzene ring substituents is 1. The molecule has 1 aliphatic rings. The monoisotopic (exact) mass is 329 g/mol. The van der Waals surface area contributed by atoms with Gasteiger partial charge in [-0.05, 0) is 43.2 Å². The van der Waals surface area contributed by atoms with Crippen LogP contribution in [0.25, 0.3) is 0 Å². The van der Waals surface area contributed by atoms with Crippen LogP contribution in [-0.4, -0.2) is 27.2 Å². The maximum Gasteiger partial charge on any atom is 0.289 e.